The fourth-order valence-electron chi connectivity index (χ4n) is 1.97. The van der Waals surface area contributed by atoms with Crippen LogP contribution >= 0.6 is 0 Å². The van der Waals surface area contributed by atoms with Crippen molar-refractivity contribution in [2.24, 2.45) is 0 Å². The Morgan fingerprint density at radius 1 is 1.26 bits per heavy atom. The van der Waals surface area contributed by atoms with E-state index in [4.69, 9.17) is 10.3 Å². The second kappa shape index (κ2) is 4.24. The summed E-state index contributed by atoms with van der Waals surface area (Å²) in [6.07, 6.45) is 3.34. The Labute approximate surface area is 109 Å². The van der Waals surface area contributed by atoms with Crippen LogP contribution in [0.15, 0.2) is 29.0 Å². The van der Waals surface area contributed by atoms with Crippen LogP contribution in [0.2, 0.25) is 0 Å². The standard InChI is InChI=1S/C13H13N5O/c1-7-5-8(2)10(14)9(6-7)13-17-12(18-19-13)11-15-3-4-16-11/h3-6H,14H2,1-2H3,(H,15,16). The van der Waals surface area contributed by atoms with Crippen molar-refractivity contribution >= 4 is 5.69 Å². The number of aryl methyl sites for hydroxylation is 2. The molecule has 0 unspecified atom stereocenters. The summed E-state index contributed by atoms with van der Waals surface area (Å²) < 4.78 is 5.26. The van der Waals surface area contributed by atoms with E-state index in [0.29, 0.717) is 23.2 Å². The molecule has 3 N–H and O–H groups in total. The second-order valence-electron chi connectivity index (χ2n) is 4.40. The van der Waals surface area contributed by atoms with E-state index >= 15 is 0 Å². The molecule has 96 valence electrons. The van der Waals surface area contributed by atoms with Gasteiger partial charge in [-0.25, -0.2) is 4.98 Å². The normalized spacial score (nSPS) is 10.8. The molecule has 0 atom stereocenters. The zero-order valence-electron chi connectivity index (χ0n) is 10.6. The Kier molecular flexibility index (Phi) is 2.56. The SMILES string of the molecule is Cc1cc(C)c(N)c(-c2nc(-c3ncc[nH]3)no2)c1. The van der Waals surface area contributed by atoms with Crippen molar-refractivity contribution < 1.29 is 4.52 Å². The van der Waals surface area contributed by atoms with Crippen LogP contribution in [0, 0.1) is 13.8 Å². The van der Waals surface area contributed by atoms with E-state index in [-0.39, 0.29) is 0 Å². The maximum Gasteiger partial charge on any atom is 0.260 e. The lowest BCUT2D eigenvalue weighted by Crippen LogP contribution is -1.95. The van der Waals surface area contributed by atoms with Gasteiger partial charge in [0.2, 0.25) is 5.82 Å². The first kappa shape index (κ1) is 11.5. The van der Waals surface area contributed by atoms with Crippen molar-refractivity contribution in [3.8, 4) is 23.1 Å². The number of nitrogens with one attached hydrogen (secondary N) is 1. The highest BCUT2D eigenvalue weighted by atomic mass is 16.5. The van der Waals surface area contributed by atoms with Crippen LogP contribution in [0.25, 0.3) is 23.1 Å². The molecule has 0 aliphatic heterocycles. The maximum atomic E-state index is 6.06. The Balaban J connectivity index is 2.09. The van der Waals surface area contributed by atoms with E-state index in [1.807, 2.05) is 26.0 Å². The van der Waals surface area contributed by atoms with Gasteiger partial charge in [0.1, 0.15) is 0 Å². The van der Waals surface area contributed by atoms with E-state index in [0.717, 1.165) is 16.7 Å². The third-order valence-corrected chi connectivity index (χ3v) is 2.90. The van der Waals surface area contributed by atoms with E-state index in [9.17, 15) is 0 Å². The molecule has 2 heterocycles. The van der Waals surface area contributed by atoms with E-state index < -0.39 is 0 Å². The van der Waals surface area contributed by atoms with Gasteiger partial charge in [-0.3, -0.25) is 0 Å². The average Bonchev–Trinajstić information content (AvgIpc) is 3.03. The summed E-state index contributed by atoms with van der Waals surface area (Å²) in [6, 6.07) is 3.95. The molecule has 3 rings (SSSR count). The molecule has 0 saturated carbocycles. The zero-order valence-corrected chi connectivity index (χ0v) is 10.6. The number of aromatic nitrogens is 4. The number of anilines is 1. The van der Waals surface area contributed by atoms with Crippen molar-refractivity contribution in [2.45, 2.75) is 13.8 Å². The van der Waals surface area contributed by atoms with Crippen LogP contribution in [-0.2, 0) is 0 Å². The Bertz CT molecular complexity index is 715. The van der Waals surface area contributed by atoms with Crippen molar-refractivity contribution in [3.63, 3.8) is 0 Å². The number of nitrogens with two attached hydrogens (primary N) is 1. The van der Waals surface area contributed by atoms with Gasteiger partial charge in [0.05, 0.1) is 5.56 Å². The molecule has 0 aliphatic rings. The van der Waals surface area contributed by atoms with Crippen molar-refractivity contribution in [3.05, 3.63) is 35.7 Å². The van der Waals surface area contributed by atoms with Crippen molar-refractivity contribution in [2.75, 3.05) is 5.73 Å². The molecule has 0 fully saturated rings. The fraction of sp³-hybridized carbons (Fsp3) is 0.154. The summed E-state index contributed by atoms with van der Waals surface area (Å²) in [5, 5.41) is 3.90. The largest absolute Gasteiger partial charge is 0.398 e. The van der Waals surface area contributed by atoms with Gasteiger partial charge < -0.3 is 15.2 Å². The number of hydrogen-bond donors (Lipinski definition) is 2. The topological polar surface area (TPSA) is 93.6 Å². The predicted molar refractivity (Wildman–Crippen MR) is 71.2 cm³/mol. The minimum Gasteiger partial charge on any atom is -0.398 e. The van der Waals surface area contributed by atoms with Crippen LogP contribution in [0.1, 0.15) is 11.1 Å². The summed E-state index contributed by atoms with van der Waals surface area (Å²) in [5.41, 5.74) is 9.56. The zero-order chi connectivity index (χ0) is 13.4. The number of hydrogen-bond acceptors (Lipinski definition) is 5. The number of nitrogen functional groups attached to an aromatic ring is 1. The molecule has 6 heteroatoms. The highest BCUT2D eigenvalue weighted by Crippen LogP contribution is 2.29. The first-order valence-corrected chi connectivity index (χ1v) is 5.85. The lowest BCUT2D eigenvalue weighted by atomic mass is 10.0. The van der Waals surface area contributed by atoms with Crippen LogP contribution in [0.3, 0.4) is 0 Å². The lowest BCUT2D eigenvalue weighted by Gasteiger charge is -2.06. The van der Waals surface area contributed by atoms with Crippen LogP contribution < -0.4 is 5.73 Å². The number of nitrogens with zero attached hydrogens (tertiary/aromatic N) is 3. The summed E-state index contributed by atoms with van der Waals surface area (Å²) >= 11 is 0. The smallest absolute Gasteiger partial charge is 0.260 e. The molecule has 6 nitrogen and oxygen atoms in total. The molecule has 0 radical (unpaired) electrons. The number of rotatable bonds is 2. The van der Waals surface area contributed by atoms with Gasteiger partial charge in [0.15, 0.2) is 5.82 Å². The molecular weight excluding hydrogens is 242 g/mol. The van der Waals surface area contributed by atoms with Crippen molar-refractivity contribution in [1.29, 1.82) is 0 Å². The highest BCUT2D eigenvalue weighted by molar-refractivity contribution is 5.74. The molecule has 0 aliphatic carbocycles. The van der Waals surface area contributed by atoms with Gasteiger partial charge in [-0.15, -0.1) is 0 Å². The van der Waals surface area contributed by atoms with Gasteiger partial charge in [0, 0.05) is 18.1 Å². The van der Waals surface area contributed by atoms with Crippen LogP contribution in [0.4, 0.5) is 5.69 Å². The number of imidazole rings is 1. The van der Waals surface area contributed by atoms with Crippen LogP contribution in [-0.4, -0.2) is 20.1 Å². The monoisotopic (exact) mass is 255 g/mol. The van der Waals surface area contributed by atoms with Gasteiger partial charge in [-0.1, -0.05) is 11.2 Å². The summed E-state index contributed by atoms with van der Waals surface area (Å²) in [5.74, 6) is 1.38. The summed E-state index contributed by atoms with van der Waals surface area (Å²) in [6.45, 7) is 3.95. The summed E-state index contributed by atoms with van der Waals surface area (Å²) in [4.78, 5) is 11.3. The van der Waals surface area contributed by atoms with E-state index in [2.05, 4.69) is 20.1 Å². The van der Waals surface area contributed by atoms with E-state index in [1.54, 1.807) is 12.4 Å². The number of benzene rings is 1. The number of H-pyrrole nitrogens is 1. The second-order valence-corrected chi connectivity index (χ2v) is 4.40. The third-order valence-electron chi connectivity index (χ3n) is 2.90. The highest BCUT2D eigenvalue weighted by Gasteiger charge is 2.15. The van der Waals surface area contributed by atoms with Crippen molar-refractivity contribution in [1.82, 2.24) is 20.1 Å². The third kappa shape index (κ3) is 1.97. The number of aromatic amines is 1. The van der Waals surface area contributed by atoms with Gasteiger partial charge >= 0.3 is 0 Å². The predicted octanol–water partition coefficient (Wildman–Crippen LogP) is 2.33. The molecule has 0 amide bonds. The molecular formula is C13H13N5O. The first-order valence-electron chi connectivity index (χ1n) is 5.85. The van der Waals surface area contributed by atoms with Crippen LogP contribution in [0.5, 0.6) is 0 Å². The van der Waals surface area contributed by atoms with Gasteiger partial charge in [-0.2, -0.15) is 4.98 Å². The molecule has 19 heavy (non-hydrogen) atoms. The Morgan fingerprint density at radius 3 is 2.84 bits per heavy atom. The maximum absolute atomic E-state index is 6.06. The minimum absolute atomic E-state index is 0.399. The molecule has 1 aromatic carbocycles. The quantitative estimate of drug-likeness (QED) is 0.685. The van der Waals surface area contributed by atoms with Gasteiger partial charge in [-0.05, 0) is 31.0 Å². The average molecular weight is 255 g/mol. The molecule has 0 spiro atoms. The Hall–Kier alpha value is -2.63. The van der Waals surface area contributed by atoms with Gasteiger partial charge in [0.25, 0.3) is 5.89 Å². The Morgan fingerprint density at radius 2 is 2.11 bits per heavy atom. The lowest BCUT2D eigenvalue weighted by molar-refractivity contribution is 0.432. The summed E-state index contributed by atoms with van der Waals surface area (Å²) in [7, 11) is 0. The first-order chi connectivity index (χ1) is 9.15. The van der Waals surface area contributed by atoms with E-state index in [1.165, 1.54) is 0 Å². The molecule has 2 aromatic heterocycles. The molecule has 3 aromatic rings. The minimum atomic E-state index is 0.399. The molecule has 0 saturated heterocycles. The fourth-order valence-corrected chi connectivity index (χ4v) is 1.97. The molecule has 0 bridgehead atoms.